The number of piperidine rings is 1. The number of halogens is 1. The van der Waals surface area contributed by atoms with Gasteiger partial charge in [-0.25, -0.2) is 9.79 Å². The lowest BCUT2D eigenvalue weighted by molar-refractivity contribution is 0.256. The normalized spacial score (nSPS) is 20.8. The Labute approximate surface area is 117 Å². The van der Waals surface area contributed by atoms with E-state index in [9.17, 15) is 4.79 Å². The summed E-state index contributed by atoms with van der Waals surface area (Å²) in [5, 5.41) is 4.01. The van der Waals surface area contributed by atoms with Gasteiger partial charge in [0.05, 0.1) is 6.54 Å². The molecule has 1 aromatic carbocycles. The number of hydrogen-bond acceptors (Lipinski definition) is 2. The Hall–Kier alpha value is -1.39. The highest BCUT2D eigenvalue weighted by molar-refractivity contribution is 6.30. The molecule has 0 unspecified atom stereocenters. The average Bonchev–Trinajstić information content (AvgIpc) is 2.83. The molecule has 2 aliphatic rings. The lowest BCUT2D eigenvalue weighted by atomic mass is 9.93. The predicted octanol–water partition coefficient (Wildman–Crippen LogP) is 2.72. The van der Waals surface area contributed by atoms with E-state index in [-0.39, 0.29) is 6.03 Å². The third-order valence-electron chi connectivity index (χ3n) is 3.74. The summed E-state index contributed by atoms with van der Waals surface area (Å²) in [6.07, 6.45) is 2.14. The Bertz CT molecular complexity index is 506. The van der Waals surface area contributed by atoms with Gasteiger partial charge >= 0.3 is 6.03 Å². The van der Waals surface area contributed by atoms with E-state index in [2.05, 4.69) is 10.3 Å². The van der Waals surface area contributed by atoms with Crippen molar-refractivity contribution in [3.8, 4) is 0 Å². The van der Waals surface area contributed by atoms with Crippen LogP contribution in [0.2, 0.25) is 5.02 Å². The van der Waals surface area contributed by atoms with Gasteiger partial charge in [0.1, 0.15) is 0 Å². The zero-order valence-corrected chi connectivity index (χ0v) is 11.4. The molecule has 0 saturated carbocycles. The van der Waals surface area contributed by atoms with Crippen molar-refractivity contribution in [3.63, 3.8) is 0 Å². The van der Waals surface area contributed by atoms with E-state index < -0.39 is 0 Å². The SMILES string of the molecule is O=C1N=C(C2CCNCC2)CN1c1ccc(Cl)cc1. The summed E-state index contributed by atoms with van der Waals surface area (Å²) in [5.74, 6) is 0.447. The molecular formula is C14H16ClN3O. The highest BCUT2D eigenvalue weighted by Crippen LogP contribution is 2.25. The summed E-state index contributed by atoms with van der Waals surface area (Å²) in [7, 11) is 0. The topological polar surface area (TPSA) is 44.7 Å². The number of amides is 2. The fourth-order valence-corrected chi connectivity index (χ4v) is 2.77. The van der Waals surface area contributed by atoms with Crippen LogP contribution < -0.4 is 10.2 Å². The summed E-state index contributed by atoms with van der Waals surface area (Å²) in [6, 6.07) is 7.16. The Balaban J connectivity index is 1.74. The van der Waals surface area contributed by atoms with Gasteiger partial charge in [0, 0.05) is 22.3 Å². The molecular weight excluding hydrogens is 262 g/mol. The van der Waals surface area contributed by atoms with Gasteiger partial charge in [0.25, 0.3) is 0 Å². The van der Waals surface area contributed by atoms with E-state index in [0.717, 1.165) is 37.3 Å². The molecule has 5 heteroatoms. The van der Waals surface area contributed by atoms with Gasteiger partial charge in [-0.05, 0) is 50.2 Å². The average molecular weight is 278 g/mol. The van der Waals surface area contributed by atoms with Crippen LogP contribution in [0.5, 0.6) is 0 Å². The van der Waals surface area contributed by atoms with Crippen LogP contribution in [0.15, 0.2) is 29.3 Å². The maximum absolute atomic E-state index is 12.0. The van der Waals surface area contributed by atoms with E-state index in [0.29, 0.717) is 17.5 Å². The first-order chi connectivity index (χ1) is 9.24. The van der Waals surface area contributed by atoms with Gasteiger partial charge in [0.2, 0.25) is 0 Å². The summed E-state index contributed by atoms with van der Waals surface area (Å²) >= 11 is 5.87. The van der Waals surface area contributed by atoms with Crippen LogP contribution in [0.3, 0.4) is 0 Å². The van der Waals surface area contributed by atoms with E-state index in [4.69, 9.17) is 11.6 Å². The number of hydrogen-bond donors (Lipinski definition) is 1. The molecule has 1 fully saturated rings. The molecule has 0 bridgehead atoms. The third-order valence-corrected chi connectivity index (χ3v) is 3.99. The standard InChI is InChI=1S/C14H16ClN3O/c15-11-1-3-12(4-2-11)18-9-13(17-14(18)19)10-5-7-16-8-6-10/h1-4,10,16H,5-9H2. The van der Waals surface area contributed by atoms with Crippen LogP contribution in [0.1, 0.15) is 12.8 Å². The van der Waals surface area contributed by atoms with Crippen molar-refractivity contribution in [2.45, 2.75) is 12.8 Å². The van der Waals surface area contributed by atoms with Crippen molar-refractivity contribution < 1.29 is 4.79 Å². The fourth-order valence-electron chi connectivity index (χ4n) is 2.65. The highest BCUT2D eigenvalue weighted by atomic mass is 35.5. The van der Waals surface area contributed by atoms with Crippen LogP contribution in [-0.2, 0) is 0 Å². The predicted molar refractivity (Wildman–Crippen MR) is 77.2 cm³/mol. The molecule has 0 spiro atoms. The second-order valence-electron chi connectivity index (χ2n) is 4.97. The molecule has 100 valence electrons. The minimum absolute atomic E-state index is 0.157. The number of nitrogens with zero attached hydrogens (tertiary/aromatic N) is 2. The molecule has 4 nitrogen and oxygen atoms in total. The quantitative estimate of drug-likeness (QED) is 0.903. The second kappa shape index (κ2) is 5.31. The minimum Gasteiger partial charge on any atom is -0.317 e. The van der Waals surface area contributed by atoms with Gasteiger partial charge in [-0.3, -0.25) is 4.90 Å². The van der Waals surface area contributed by atoms with Crippen LogP contribution in [0.4, 0.5) is 10.5 Å². The molecule has 0 radical (unpaired) electrons. The second-order valence-corrected chi connectivity index (χ2v) is 5.41. The maximum atomic E-state index is 12.0. The van der Waals surface area contributed by atoms with E-state index in [1.165, 1.54) is 0 Å². The zero-order valence-electron chi connectivity index (χ0n) is 10.6. The monoisotopic (exact) mass is 277 g/mol. The molecule has 1 aromatic rings. The number of anilines is 1. The summed E-state index contributed by atoms with van der Waals surface area (Å²) in [5.41, 5.74) is 1.89. The highest BCUT2D eigenvalue weighted by Gasteiger charge is 2.30. The number of carbonyl (C=O) groups excluding carboxylic acids is 1. The largest absolute Gasteiger partial charge is 0.348 e. The number of nitrogens with one attached hydrogen (secondary N) is 1. The Morgan fingerprint density at radius 1 is 1.21 bits per heavy atom. The number of urea groups is 1. The minimum atomic E-state index is -0.157. The van der Waals surface area contributed by atoms with Gasteiger partial charge < -0.3 is 5.32 Å². The van der Waals surface area contributed by atoms with Crippen LogP contribution in [-0.4, -0.2) is 31.4 Å². The van der Waals surface area contributed by atoms with Crippen molar-refractivity contribution >= 4 is 29.0 Å². The Morgan fingerprint density at radius 2 is 1.89 bits per heavy atom. The first-order valence-electron chi connectivity index (χ1n) is 6.59. The van der Waals surface area contributed by atoms with Crippen LogP contribution >= 0.6 is 11.6 Å². The maximum Gasteiger partial charge on any atom is 0.348 e. The Kier molecular flexibility index (Phi) is 3.53. The third kappa shape index (κ3) is 2.65. The van der Waals surface area contributed by atoms with Gasteiger partial charge in [-0.15, -0.1) is 0 Å². The number of carbonyl (C=O) groups is 1. The lowest BCUT2D eigenvalue weighted by Gasteiger charge is -2.23. The fraction of sp³-hybridized carbons (Fsp3) is 0.429. The van der Waals surface area contributed by atoms with Crippen molar-refractivity contribution in [1.29, 1.82) is 0 Å². The molecule has 2 heterocycles. The van der Waals surface area contributed by atoms with Gasteiger partial charge in [-0.2, -0.15) is 0 Å². The van der Waals surface area contributed by atoms with Gasteiger partial charge in [0.15, 0.2) is 0 Å². The van der Waals surface area contributed by atoms with E-state index in [1.807, 2.05) is 12.1 Å². The van der Waals surface area contributed by atoms with E-state index >= 15 is 0 Å². The summed E-state index contributed by atoms with van der Waals surface area (Å²) < 4.78 is 0. The first-order valence-corrected chi connectivity index (χ1v) is 6.97. The van der Waals surface area contributed by atoms with Gasteiger partial charge in [-0.1, -0.05) is 11.6 Å². The van der Waals surface area contributed by atoms with Crippen molar-refractivity contribution in [1.82, 2.24) is 5.32 Å². The molecule has 1 N–H and O–H groups in total. The molecule has 3 rings (SSSR count). The lowest BCUT2D eigenvalue weighted by Crippen LogP contribution is -2.34. The smallest absolute Gasteiger partial charge is 0.317 e. The van der Waals surface area contributed by atoms with Crippen molar-refractivity contribution in [2.24, 2.45) is 10.9 Å². The van der Waals surface area contributed by atoms with Crippen molar-refractivity contribution in [3.05, 3.63) is 29.3 Å². The molecule has 0 atom stereocenters. The number of aliphatic imine (C=N–C) groups is 1. The summed E-state index contributed by atoms with van der Waals surface area (Å²) in [4.78, 5) is 18.0. The molecule has 2 amide bonds. The number of benzene rings is 1. The number of rotatable bonds is 2. The molecule has 0 aliphatic carbocycles. The molecule has 1 saturated heterocycles. The van der Waals surface area contributed by atoms with Crippen LogP contribution in [0.25, 0.3) is 0 Å². The molecule has 0 aromatic heterocycles. The molecule has 19 heavy (non-hydrogen) atoms. The van der Waals surface area contributed by atoms with Crippen LogP contribution in [0, 0.1) is 5.92 Å². The van der Waals surface area contributed by atoms with E-state index in [1.54, 1.807) is 17.0 Å². The van der Waals surface area contributed by atoms with Crippen molar-refractivity contribution in [2.75, 3.05) is 24.5 Å². The summed E-state index contributed by atoms with van der Waals surface area (Å²) in [6.45, 7) is 2.64. The zero-order chi connectivity index (χ0) is 13.2. The molecule has 2 aliphatic heterocycles. The first kappa shape index (κ1) is 12.6. The Morgan fingerprint density at radius 3 is 2.58 bits per heavy atom.